The number of amides is 2. The zero-order chi connectivity index (χ0) is 15.2. The molecule has 0 saturated carbocycles. The van der Waals surface area contributed by atoms with Gasteiger partial charge in [0, 0.05) is 13.1 Å². The molecule has 6 nitrogen and oxygen atoms in total. The molecule has 1 heterocycles. The molecule has 2 rings (SSSR count). The molecule has 6 heteroatoms. The second-order valence-corrected chi connectivity index (χ2v) is 4.36. The van der Waals surface area contributed by atoms with Crippen LogP contribution in [-0.2, 0) is 9.47 Å². The number of urea groups is 1. The molecular weight excluding hydrogens is 272 g/mol. The summed E-state index contributed by atoms with van der Waals surface area (Å²) in [5, 5.41) is 0. The fourth-order valence-electron chi connectivity index (χ4n) is 1.93. The Morgan fingerprint density at radius 3 is 2.52 bits per heavy atom. The third-order valence-corrected chi connectivity index (χ3v) is 3.12. The normalized spacial score (nSPS) is 16.5. The van der Waals surface area contributed by atoms with Gasteiger partial charge in [-0.2, -0.15) is 0 Å². The molecule has 0 fully saturated rings. The summed E-state index contributed by atoms with van der Waals surface area (Å²) in [6.45, 7) is 4.90. The highest BCUT2D eigenvalue weighted by molar-refractivity contribution is 5.89. The van der Waals surface area contributed by atoms with E-state index < -0.39 is 12.4 Å². The van der Waals surface area contributed by atoms with E-state index in [4.69, 9.17) is 9.47 Å². The van der Waals surface area contributed by atoms with Gasteiger partial charge in [0.2, 0.25) is 0 Å². The molecule has 2 amide bonds. The van der Waals surface area contributed by atoms with E-state index in [1.54, 1.807) is 35.2 Å². The molecule has 112 valence electrons. The van der Waals surface area contributed by atoms with E-state index >= 15 is 0 Å². The summed E-state index contributed by atoms with van der Waals surface area (Å²) in [7, 11) is 0. The van der Waals surface area contributed by atoms with Crippen LogP contribution in [0.5, 0.6) is 0 Å². The highest BCUT2D eigenvalue weighted by Crippen LogP contribution is 2.17. The van der Waals surface area contributed by atoms with Crippen molar-refractivity contribution in [3.63, 3.8) is 0 Å². The first-order chi connectivity index (χ1) is 10.2. The van der Waals surface area contributed by atoms with Crippen LogP contribution in [0, 0.1) is 0 Å². The Morgan fingerprint density at radius 1 is 1.24 bits per heavy atom. The van der Waals surface area contributed by atoms with E-state index in [9.17, 15) is 9.59 Å². The Bertz CT molecular complexity index is 526. The van der Waals surface area contributed by atoms with Crippen LogP contribution in [-0.4, -0.2) is 41.3 Å². The second-order valence-electron chi connectivity index (χ2n) is 4.36. The summed E-state index contributed by atoms with van der Waals surface area (Å²) < 4.78 is 10.4. The van der Waals surface area contributed by atoms with Gasteiger partial charge in [-0.05, 0) is 26.0 Å². The molecule has 0 saturated heterocycles. The van der Waals surface area contributed by atoms with Crippen LogP contribution in [0.15, 0.2) is 42.8 Å². The largest absolute Gasteiger partial charge is 0.443 e. The van der Waals surface area contributed by atoms with Crippen molar-refractivity contribution >= 4 is 12.0 Å². The first-order valence-corrected chi connectivity index (χ1v) is 6.82. The number of esters is 1. The average molecular weight is 290 g/mol. The molecule has 0 bridgehead atoms. The minimum absolute atomic E-state index is 0.264. The summed E-state index contributed by atoms with van der Waals surface area (Å²) in [5.41, 5.74) is 0.406. The molecule has 0 N–H and O–H groups in total. The predicted molar refractivity (Wildman–Crippen MR) is 76.0 cm³/mol. The van der Waals surface area contributed by atoms with Crippen molar-refractivity contribution in [2.75, 3.05) is 13.1 Å². The van der Waals surface area contributed by atoms with Crippen LogP contribution < -0.4 is 0 Å². The monoisotopic (exact) mass is 290 g/mol. The van der Waals surface area contributed by atoms with E-state index in [-0.39, 0.29) is 6.03 Å². The molecule has 0 aliphatic carbocycles. The smallest absolute Gasteiger partial charge is 0.342 e. The standard InChI is InChI=1S/C15H18N2O4/c1-3-16(4-2)14(19)17-10-11-20-15(17)21-13(18)12-8-6-5-7-9-12/h5-11,15H,3-4H2,1-2H3. The van der Waals surface area contributed by atoms with Crippen LogP contribution >= 0.6 is 0 Å². The maximum atomic E-state index is 12.3. The van der Waals surface area contributed by atoms with Crippen LogP contribution in [0.1, 0.15) is 24.2 Å². The number of carbonyl (C=O) groups excluding carboxylic acids is 2. The molecule has 21 heavy (non-hydrogen) atoms. The quantitative estimate of drug-likeness (QED) is 0.799. The summed E-state index contributed by atoms with van der Waals surface area (Å²) in [5.74, 6) is -0.540. The maximum Gasteiger partial charge on any atom is 0.342 e. The van der Waals surface area contributed by atoms with Crippen molar-refractivity contribution in [3.05, 3.63) is 48.4 Å². The number of hydrogen-bond donors (Lipinski definition) is 0. The molecule has 0 radical (unpaired) electrons. The van der Waals surface area contributed by atoms with Gasteiger partial charge in [0.1, 0.15) is 6.26 Å². The van der Waals surface area contributed by atoms with Crippen molar-refractivity contribution in [2.24, 2.45) is 0 Å². The number of nitrogens with zero attached hydrogens (tertiary/aromatic N) is 2. The van der Waals surface area contributed by atoms with Gasteiger partial charge < -0.3 is 14.4 Å². The minimum Gasteiger partial charge on any atom is -0.443 e. The number of benzene rings is 1. The highest BCUT2D eigenvalue weighted by Gasteiger charge is 2.32. The van der Waals surface area contributed by atoms with Crippen molar-refractivity contribution in [1.29, 1.82) is 0 Å². The summed E-state index contributed by atoms with van der Waals surface area (Å²) in [6.07, 6.45) is 1.74. The summed E-state index contributed by atoms with van der Waals surface area (Å²) >= 11 is 0. The van der Waals surface area contributed by atoms with Gasteiger partial charge in [-0.1, -0.05) is 18.2 Å². The Morgan fingerprint density at radius 2 is 1.90 bits per heavy atom. The summed E-state index contributed by atoms with van der Waals surface area (Å²) in [4.78, 5) is 27.1. The molecule has 0 aromatic heterocycles. The van der Waals surface area contributed by atoms with E-state index in [0.29, 0.717) is 18.7 Å². The zero-order valence-corrected chi connectivity index (χ0v) is 12.1. The Balaban J connectivity index is 2.03. The van der Waals surface area contributed by atoms with Crippen LogP contribution in [0.25, 0.3) is 0 Å². The SMILES string of the molecule is CCN(CC)C(=O)N1C=COC1OC(=O)c1ccccc1. The first-order valence-electron chi connectivity index (χ1n) is 6.82. The number of ether oxygens (including phenoxy) is 2. The third kappa shape index (κ3) is 3.34. The second kappa shape index (κ2) is 6.78. The van der Waals surface area contributed by atoms with Gasteiger partial charge in [-0.25, -0.2) is 14.5 Å². The lowest BCUT2D eigenvalue weighted by atomic mass is 10.2. The van der Waals surface area contributed by atoms with Crippen molar-refractivity contribution in [3.8, 4) is 0 Å². The molecular formula is C15H18N2O4. The zero-order valence-electron chi connectivity index (χ0n) is 12.1. The fourth-order valence-corrected chi connectivity index (χ4v) is 1.93. The summed E-state index contributed by atoms with van der Waals surface area (Å²) in [6, 6.07) is 8.30. The Labute approximate surface area is 123 Å². The third-order valence-electron chi connectivity index (χ3n) is 3.12. The number of hydrogen-bond acceptors (Lipinski definition) is 4. The van der Waals surface area contributed by atoms with Gasteiger partial charge >= 0.3 is 18.4 Å². The molecule has 1 unspecified atom stereocenters. The van der Waals surface area contributed by atoms with Crippen molar-refractivity contribution in [2.45, 2.75) is 20.3 Å². The molecule has 0 spiro atoms. The number of carbonyl (C=O) groups is 2. The lowest BCUT2D eigenvalue weighted by molar-refractivity contribution is -0.116. The van der Waals surface area contributed by atoms with Crippen LogP contribution in [0.4, 0.5) is 4.79 Å². The molecule has 1 aromatic carbocycles. The lowest BCUT2D eigenvalue weighted by Crippen LogP contribution is -2.45. The molecule has 1 aliphatic heterocycles. The average Bonchev–Trinajstić information content (AvgIpc) is 2.97. The molecule has 1 atom stereocenters. The van der Waals surface area contributed by atoms with Crippen LogP contribution in [0.3, 0.4) is 0 Å². The van der Waals surface area contributed by atoms with E-state index in [1.165, 1.54) is 17.4 Å². The van der Waals surface area contributed by atoms with Gasteiger partial charge in [0.25, 0.3) is 0 Å². The van der Waals surface area contributed by atoms with Gasteiger partial charge in [0.05, 0.1) is 11.8 Å². The lowest BCUT2D eigenvalue weighted by Gasteiger charge is -2.27. The van der Waals surface area contributed by atoms with E-state index in [1.807, 2.05) is 13.8 Å². The topological polar surface area (TPSA) is 59.1 Å². The maximum absolute atomic E-state index is 12.3. The first kappa shape index (κ1) is 14.9. The van der Waals surface area contributed by atoms with Gasteiger partial charge in [-0.3, -0.25) is 0 Å². The number of rotatable bonds is 4. The predicted octanol–water partition coefficient (Wildman–Crippen LogP) is 2.39. The van der Waals surface area contributed by atoms with Gasteiger partial charge in [0.15, 0.2) is 0 Å². The van der Waals surface area contributed by atoms with E-state index in [0.717, 1.165) is 0 Å². The van der Waals surface area contributed by atoms with Crippen molar-refractivity contribution in [1.82, 2.24) is 9.80 Å². The fraction of sp³-hybridized carbons (Fsp3) is 0.333. The van der Waals surface area contributed by atoms with Crippen molar-refractivity contribution < 1.29 is 19.1 Å². The molecule has 1 aliphatic rings. The Kier molecular flexibility index (Phi) is 4.81. The Hall–Kier alpha value is -2.50. The van der Waals surface area contributed by atoms with E-state index in [2.05, 4.69) is 0 Å². The highest BCUT2D eigenvalue weighted by atomic mass is 16.7. The van der Waals surface area contributed by atoms with Gasteiger partial charge in [-0.15, -0.1) is 0 Å². The minimum atomic E-state index is -1.06. The molecule has 1 aromatic rings. The van der Waals surface area contributed by atoms with Crippen LogP contribution in [0.2, 0.25) is 0 Å².